The van der Waals surface area contributed by atoms with Crippen molar-refractivity contribution in [3.05, 3.63) is 65.2 Å². The second-order valence-corrected chi connectivity index (χ2v) is 4.71. The van der Waals surface area contributed by atoms with Crippen LogP contribution in [0.25, 0.3) is 0 Å². The number of hydrogen-bond acceptors (Lipinski definition) is 4. The Balaban J connectivity index is 1.86. The number of methoxy groups -OCH3 is 1. The van der Waals surface area contributed by atoms with Crippen LogP contribution in [-0.4, -0.2) is 13.1 Å². The SMILES string of the molecule is COc1ccc(COC(=O)Cc2cccc(CN)c2)cc1. The first-order valence-corrected chi connectivity index (χ1v) is 6.77. The highest BCUT2D eigenvalue weighted by molar-refractivity contribution is 5.72. The molecule has 2 aromatic rings. The van der Waals surface area contributed by atoms with Crippen molar-refractivity contribution < 1.29 is 14.3 Å². The molecule has 0 spiro atoms. The quantitative estimate of drug-likeness (QED) is 0.828. The third-order valence-electron chi connectivity index (χ3n) is 3.13. The Morgan fingerprint density at radius 1 is 1.05 bits per heavy atom. The van der Waals surface area contributed by atoms with E-state index in [2.05, 4.69) is 0 Å². The van der Waals surface area contributed by atoms with Gasteiger partial charge in [0, 0.05) is 6.54 Å². The molecule has 21 heavy (non-hydrogen) atoms. The van der Waals surface area contributed by atoms with Gasteiger partial charge in [0.15, 0.2) is 0 Å². The lowest BCUT2D eigenvalue weighted by Gasteiger charge is -2.07. The Hall–Kier alpha value is -2.33. The molecular formula is C17H19NO3. The third kappa shape index (κ3) is 4.61. The first kappa shape index (κ1) is 15.1. The number of hydrogen-bond donors (Lipinski definition) is 1. The summed E-state index contributed by atoms with van der Waals surface area (Å²) >= 11 is 0. The fraction of sp³-hybridized carbons (Fsp3) is 0.235. The highest BCUT2D eigenvalue weighted by Gasteiger charge is 2.06. The molecule has 0 aliphatic heterocycles. The number of nitrogens with two attached hydrogens (primary N) is 1. The summed E-state index contributed by atoms with van der Waals surface area (Å²) in [6.45, 7) is 0.730. The molecular weight excluding hydrogens is 266 g/mol. The summed E-state index contributed by atoms with van der Waals surface area (Å²) in [4.78, 5) is 11.8. The highest BCUT2D eigenvalue weighted by atomic mass is 16.5. The summed E-state index contributed by atoms with van der Waals surface area (Å²) in [6.07, 6.45) is 0.254. The standard InChI is InChI=1S/C17H19NO3/c1-20-16-7-5-13(6-8-16)12-21-17(19)10-14-3-2-4-15(9-14)11-18/h2-9H,10-12,18H2,1H3. The van der Waals surface area contributed by atoms with E-state index < -0.39 is 0 Å². The number of carbonyl (C=O) groups excluding carboxylic acids is 1. The molecule has 0 heterocycles. The van der Waals surface area contributed by atoms with Crippen molar-refractivity contribution >= 4 is 5.97 Å². The minimum Gasteiger partial charge on any atom is -0.497 e. The Morgan fingerprint density at radius 3 is 2.43 bits per heavy atom. The Kier molecular flexibility index (Phi) is 5.35. The van der Waals surface area contributed by atoms with E-state index in [9.17, 15) is 4.79 Å². The zero-order valence-electron chi connectivity index (χ0n) is 12.0. The summed E-state index contributed by atoms with van der Waals surface area (Å²) in [7, 11) is 1.62. The minimum atomic E-state index is -0.250. The topological polar surface area (TPSA) is 61.5 Å². The van der Waals surface area contributed by atoms with Gasteiger partial charge in [0.25, 0.3) is 0 Å². The van der Waals surface area contributed by atoms with Gasteiger partial charge in [0.05, 0.1) is 13.5 Å². The molecule has 4 heteroatoms. The van der Waals surface area contributed by atoms with Crippen molar-refractivity contribution in [3.8, 4) is 5.75 Å². The molecule has 0 atom stereocenters. The van der Waals surface area contributed by atoms with Crippen LogP contribution in [0.1, 0.15) is 16.7 Å². The third-order valence-corrected chi connectivity index (χ3v) is 3.13. The fourth-order valence-electron chi connectivity index (χ4n) is 1.97. The van der Waals surface area contributed by atoms with Gasteiger partial charge in [0.2, 0.25) is 0 Å². The van der Waals surface area contributed by atoms with Gasteiger partial charge in [-0.3, -0.25) is 4.79 Å². The second kappa shape index (κ2) is 7.45. The van der Waals surface area contributed by atoms with Crippen LogP contribution in [-0.2, 0) is 29.1 Å². The van der Waals surface area contributed by atoms with E-state index in [-0.39, 0.29) is 19.0 Å². The number of ether oxygens (including phenoxy) is 2. The lowest BCUT2D eigenvalue weighted by molar-refractivity contribution is -0.144. The smallest absolute Gasteiger partial charge is 0.310 e. The number of carbonyl (C=O) groups is 1. The summed E-state index contributed by atoms with van der Waals surface area (Å²) in [5.74, 6) is 0.531. The summed E-state index contributed by atoms with van der Waals surface area (Å²) in [6, 6.07) is 15.1. The molecule has 0 radical (unpaired) electrons. The summed E-state index contributed by atoms with van der Waals surface area (Å²) in [5.41, 5.74) is 8.44. The van der Waals surface area contributed by atoms with Gasteiger partial charge < -0.3 is 15.2 Å². The normalized spacial score (nSPS) is 10.2. The van der Waals surface area contributed by atoms with Crippen molar-refractivity contribution in [2.24, 2.45) is 5.73 Å². The minimum absolute atomic E-state index is 0.250. The average Bonchev–Trinajstić information content (AvgIpc) is 2.53. The molecule has 0 aliphatic rings. The van der Waals surface area contributed by atoms with Crippen LogP contribution in [0.15, 0.2) is 48.5 Å². The molecule has 0 aromatic heterocycles. The van der Waals surface area contributed by atoms with Gasteiger partial charge in [-0.2, -0.15) is 0 Å². The van der Waals surface area contributed by atoms with Gasteiger partial charge in [-0.05, 0) is 28.8 Å². The molecule has 2 N–H and O–H groups in total. The van der Waals surface area contributed by atoms with Gasteiger partial charge in [-0.1, -0.05) is 36.4 Å². The van der Waals surface area contributed by atoms with Gasteiger partial charge in [-0.25, -0.2) is 0 Å². The number of esters is 1. The van der Waals surface area contributed by atoms with E-state index in [1.54, 1.807) is 7.11 Å². The zero-order valence-corrected chi connectivity index (χ0v) is 12.0. The van der Waals surface area contributed by atoms with E-state index in [0.717, 1.165) is 22.4 Å². The molecule has 0 unspecified atom stereocenters. The molecule has 4 nitrogen and oxygen atoms in total. The molecule has 0 saturated heterocycles. The Labute approximate surface area is 124 Å². The monoisotopic (exact) mass is 285 g/mol. The van der Waals surface area contributed by atoms with E-state index in [0.29, 0.717) is 6.54 Å². The predicted octanol–water partition coefficient (Wildman–Crippen LogP) is 2.44. The van der Waals surface area contributed by atoms with Crippen molar-refractivity contribution in [1.82, 2.24) is 0 Å². The molecule has 0 fully saturated rings. The lowest BCUT2D eigenvalue weighted by Crippen LogP contribution is -2.08. The molecule has 0 saturated carbocycles. The fourth-order valence-corrected chi connectivity index (χ4v) is 1.97. The predicted molar refractivity (Wildman–Crippen MR) is 80.8 cm³/mol. The first-order chi connectivity index (χ1) is 10.2. The second-order valence-electron chi connectivity index (χ2n) is 4.71. The van der Waals surface area contributed by atoms with Crippen molar-refractivity contribution in [1.29, 1.82) is 0 Å². The van der Waals surface area contributed by atoms with E-state index in [1.165, 1.54) is 0 Å². The van der Waals surface area contributed by atoms with Gasteiger partial charge in [-0.15, -0.1) is 0 Å². The molecule has 0 amide bonds. The van der Waals surface area contributed by atoms with Crippen LogP contribution in [0.2, 0.25) is 0 Å². The first-order valence-electron chi connectivity index (χ1n) is 6.77. The summed E-state index contributed by atoms with van der Waals surface area (Å²) < 4.78 is 10.3. The van der Waals surface area contributed by atoms with Crippen LogP contribution in [0.5, 0.6) is 5.75 Å². The molecule has 110 valence electrons. The van der Waals surface area contributed by atoms with E-state index in [4.69, 9.17) is 15.2 Å². The average molecular weight is 285 g/mol. The van der Waals surface area contributed by atoms with Crippen molar-refractivity contribution in [2.75, 3.05) is 7.11 Å². The maximum atomic E-state index is 11.8. The van der Waals surface area contributed by atoms with Gasteiger partial charge >= 0.3 is 5.97 Å². The highest BCUT2D eigenvalue weighted by Crippen LogP contribution is 2.12. The van der Waals surface area contributed by atoms with Crippen LogP contribution in [0, 0.1) is 0 Å². The summed E-state index contributed by atoms with van der Waals surface area (Å²) in [5, 5.41) is 0. The maximum absolute atomic E-state index is 11.8. The van der Waals surface area contributed by atoms with Crippen LogP contribution in [0.4, 0.5) is 0 Å². The van der Waals surface area contributed by atoms with Crippen molar-refractivity contribution in [3.63, 3.8) is 0 Å². The molecule has 0 bridgehead atoms. The Bertz CT molecular complexity index is 593. The maximum Gasteiger partial charge on any atom is 0.310 e. The van der Waals surface area contributed by atoms with E-state index >= 15 is 0 Å². The molecule has 2 rings (SSSR count). The van der Waals surface area contributed by atoms with Crippen LogP contribution >= 0.6 is 0 Å². The molecule has 0 aliphatic carbocycles. The zero-order chi connectivity index (χ0) is 15.1. The number of benzene rings is 2. The van der Waals surface area contributed by atoms with Gasteiger partial charge in [0.1, 0.15) is 12.4 Å². The largest absolute Gasteiger partial charge is 0.497 e. The lowest BCUT2D eigenvalue weighted by atomic mass is 10.1. The van der Waals surface area contributed by atoms with E-state index in [1.807, 2.05) is 48.5 Å². The van der Waals surface area contributed by atoms with Crippen molar-refractivity contribution in [2.45, 2.75) is 19.6 Å². The van der Waals surface area contributed by atoms with Crippen LogP contribution < -0.4 is 10.5 Å². The van der Waals surface area contributed by atoms with Crippen LogP contribution in [0.3, 0.4) is 0 Å². The molecule has 2 aromatic carbocycles. The number of rotatable bonds is 6. The Morgan fingerprint density at radius 2 is 1.76 bits per heavy atom.